The van der Waals surface area contributed by atoms with Crippen LogP contribution in [0.1, 0.15) is 75.8 Å². The van der Waals surface area contributed by atoms with Crippen molar-refractivity contribution < 1.29 is 24.2 Å². The molecule has 2 aromatic rings. The maximum Gasteiger partial charge on any atom is 0.407 e. The van der Waals surface area contributed by atoms with E-state index in [1.165, 1.54) is 0 Å². The Balaban J connectivity index is 1.56. The molecule has 0 bridgehead atoms. The Morgan fingerprint density at radius 1 is 0.857 bits per heavy atom. The van der Waals surface area contributed by atoms with Gasteiger partial charge in [0.25, 0.3) is 0 Å². The molecule has 1 aliphatic carbocycles. The number of hydrogen-bond acceptors (Lipinski definition) is 4. The third-order valence-corrected chi connectivity index (χ3v) is 6.43. The Bertz CT molecular complexity index is 976. The molecule has 0 saturated carbocycles. The molecule has 0 spiro atoms. The van der Waals surface area contributed by atoms with Crippen molar-refractivity contribution in [1.29, 1.82) is 0 Å². The topological polar surface area (TPSA) is 105 Å². The van der Waals surface area contributed by atoms with E-state index >= 15 is 0 Å². The fourth-order valence-electron chi connectivity index (χ4n) is 4.78. The molecule has 0 heterocycles. The Kier molecular flexibility index (Phi) is 9.70. The Morgan fingerprint density at radius 3 is 2.03 bits per heavy atom. The molecule has 0 aromatic heterocycles. The summed E-state index contributed by atoms with van der Waals surface area (Å²) in [6.07, 6.45) is 3.22. The molecule has 7 heteroatoms. The molecular formula is C28H36N2O5. The number of benzene rings is 2. The van der Waals surface area contributed by atoms with Crippen LogP contribution in [0.3, 0.4) is 0 Å². The smallest absolute Gasteiger partial charge is 0.407 e. The lowest BCUT2D eigenvalue weighted by atomic mass is 9.98. The van der Waals surface area contributed by atoms with E-state index in [1.807, 2.05) is 38.1 Å². The van der Waals surface area contributed by atoms with E-state index in [-0.39, 0.29) is 37.3 Å². The second kappa shape index (κ2) is 12.9. The van der Waals surface area contributed by atoms with Crippen LogP contribution < -0.4 is 10.6 Å². The molecule has 2 amide bonds. The highest BCUT2D eigenvalue weighted by Crippen LogP contribution is 2.44. The van der Waals surface area contributed by atoms with Crippen molar-refractivity contribution in [2.45, 2.75) is 76.8 Å². The van der Waals surface area contributed by atoms with Crippen LogP contribution in [0.2, 0.25) is 0 Å². The molecule has 2 atom stereocenters. The van der Waals surface area contributed by atoms with Crippen molar-refractivity contribution in [2.24, 2.45) is 0 Å². The van der Waals surface area contributed by atoms with Crippen molar-refractivity contribution in [1.82, 2.24) is 10.6 Å². The van der Waals surface area contributed by atoms with E-state index in [0.717, 1.165) is 41.5 Å². The summed E-state index contributed by atoms with van der Waals surface area (Å²) in [5.74, 6) is -1.23. The zero-order chi connectivity index (χ0) is 25.2. The van der Waals surface area contributed by atoms with Gasteiger partial charge in [-0.1, -0.05) is 81.6 Å². The molecule has 3 rings (SSSR count). The molecule has 0 fully saturated rings. The zero-order valence-electron chi connectivity index (χ0n) is 20.6. The van der Waals surface area contributed by atoms with Gasteiger partial charge in [0.1, 0.15) is 6.61 Å². The molecule has 0 saturated heterocycles. The first-order valence-corrected chi connectivity index (χ1v) is 12.6. The third kappa shape index (κ3) is 7.31. The number of unbranched alkanes of at least 4 members (excludes halogenated alkanes) is 1. The molecule has 0 radical (unpaired) electrons. The van der Waals surface area contributed by atoms with Crippen LogP contribution in [0.5, 0.6) is 0 Å². The first-order valence-electron chi connectivity index (χ1n) is 12.6. The van der Waals surface area contributed by atoms with Crippen LogP contribution in [-0.2, 0) is 14.3 Å². The summed E-state index contributed by atoms with van der Waals surface area (Å²) in [6, 6.07) is 15.5. The van der Waals surface area contributed by atoms with E-state index in [9.17, 15) is 14.4 Å². The van der Waals surface area contributed by atoms with Gasteiger partial charge < -0.3 is 20.5 Å². The number of fused-ring (bicyclic) bond motifs is 3. The number of aliphatic carboxylic acids is 1. The number of carbonyl (C=O) groups is 3. The molecule has 3 N–H and O–H groups in total. The van der Waals surface area contributed by atoms with Gasteiger partial charge in [0.2, 0.25) is 5.91 Å². The summed E-state index contributed by atoms with van der Waals surface area (Å²) in [6.45, 7) is 4.22. The Hall–Kier alpha value is -3.35. The van der Waals surface area contributed by atoms with Gasteiger partial charge in [0, 0.05) is 24.4 Å². The number of alkyl carbamates (subject to hydrolysis) is 1. The summed E-state index contributed by atoms with van der Waals surface area (Å²) in [5, 5.41) is 14.8. The lowest BCUT2D eigenvalue weighted by Crippen LogP contribution is -2.43. The van der Waals surface area contributed by atoms with Gasteiger partial charge in [0.15, 0.2) is 0 Å². The molecule has 0 aliphatic heterocycles. The number of carboxylic acids is 1. The fraction of sp³-hybridized carbons (Fsp3) is 0.464. The summed E-state index contributed by atoms with van der Waals surface area (Å²) in [5.41, 5.74) is 4.61. The number of carbonyl (C=O) groups excluding carboxylic acids is 2. The second-order valence-electron chi connectivity index (χ2n) is 9.16. The van der Waals surface area contributed by atoms with Crippen molar-refractivity contribution in [2.75, 3.05) is 6.61 Å². The molecule has 1 aliphatic rings. The van der Waals surface area contributed by atoms with Gasteiger partial charge in [-0.3, -0.25) is 9.59 Å². The molecule has 35 heavy (non-hydrogen) atoms. The van der Waals surface area contributed by atoms with Gasteiger partial charge in [-0.25, -0.2) is 4.79 Å². The summed E-state index contributed by atoms with van der Waals surface area (Å²) in [4.78, 5) is 36.4. The van der Waals surface area contributed by atoms with E-state index in [0.29, 0.717) is 12.8 Å². The first-order chi connectivity index (χ1) is 16.9. The van der Waals surface area contributed by atoms with Gasteiger partial charge >= 0.3 is 12.1 Å². The average molecular weight is 481 g/mol. The largest absolute Gasteiger partial charge is 0.481 e. The number of ether oxygens (including phenoxy) is 1. The predicted octanol–water partition coefficient (Wildman–Crippen LogP) is 5.23. The van der Waals surface area contributed by atoms with Crippen LogP contribution in [0.4, 0.5) is 4.79 Å². The minimum atomic E-state index is -0.937. The number of rotatable bonds is 13. The van der Waals surface area contributed by atoms with Crippen LogP contribution in [-0.4, -0.2) is 41.8 Å². The summed E-state index contributed by atoms with van der Waals surface area (Å²) in [7, 11) is 0. The normalized spacial score (nSPS) is 13.9. The van der Waals surface area contributed by atoms with E-state index in [1.54, 1.807) is 0 Å². The van der Waals surface area contributed by atoms with E-state index in [2.05, 4.69) is 34.9 Å². The first kappa shape index (κ1) is 26.3. The molecular weight excluding hydrogens is 444 g/mol. The summed E-state index contributed by atoms with van der Waals surface area (Å²) >= 11 is 0. The average Bonchev–Trinajstić information content (AvgIpc) is 3.14. The van der Waals surface area contributed by atoms with Crippen molar-refractivity contribution in [3.63, 3.8) is 0 Å². The Morgan fingerprint density at radius 2 is 1.46 bits per heavy atom. The van der Waals surface area contributed by atoms with E-state index < -0.39 is 18.1 Å². The number of hydrogen-bond donors (Lipinski definition) is 3. The minimum Gasteiger partial charge on any atom is -0.481 e. The SMILES string of the molecule is CCCC[C@@H](CC(=O)O)NC(=O)CC(CCC)NC(=O)OCC1c2ccccc2-c2ccccc21. The van der Waals surface area contributed by atoms with Gasteiger partial charge in [-0.05, 0) is 35.1 Å². The van der Waals surface area contributed by atoms with Gasteiger partial charge in [-0.2, -0.15) is 0 Å². The van der Waals surface area contributed by atoms with E-state index in [4.69, 9.17) is 9.84 Å². The minimum absolute atomic E-state index is 0.0311. The van der Waals surface area contributed by atoms with Crippen LogP contribution in [0.25, 0.3) is 11.1 Å². The lowest BCUT2D eigenvalue weighted by Gasteiger charge is -2.21. The van der Waals surface area contributed by atoms with Crippen molar-refractivity contribution in [3.05, 3.63) is 59.7 Å². The maximum atomic E-state index is 12.7. The highest BCUT2D eigenvalue weighted by molar-refractivity contribution is 5.80. The van der Waals surface area contributed by atoms with Crippen LogP contribution in [0, 0.1) is 0 Å². The number of nitrogens with one attached hydrogen (secondary N) is 2. The predicted molar refractivity (Wildman–Crippen MR) is 135 cm³/mol. The second-order valence-corrected chi connectivity index (χ2v) is 9.16. The fourth-order valence-corrected chi connectivity index (χ4v) is 4.78. The standard InChI is InChI=1S/C28H36N2O5/c1-3-5-11-20(17-27(32)33)29-26(31)16-19(10-4-2)30-28(34)35-18-25-23-14-8-6-12-21(23)22-13-7-9-15-24(22)25/h6-9,12-15,19-20,25H,3-5,10-11,16-18H2,1-2H3,(H,29,31)(H,30,34)(H,32,33)/t19?,20-/m0/s1. The highest BCUT2D eigenvalue weighted by Gasteiger charge is 2.29. The van der Waals surface area contributed by atoms with Crippen LogP contribution >= 0.6 is 0 Å². The van der Waals surface area contributed by atoms with Gasteiger partial charge in [0.05, 0.1) is 6.42 Å². The molecule has 1 unspecified atom stereocenters. The van der Waals surface area contributed by atoms with Gasteiger partial charge in [-0.15, -0.1) is 0 Å². The van der Waals surface area contributed by atoms with Crippen molar-refractivity contribution in [3.8, 4) is 11.1 Å². The van der Waals surface area contributed by atoms with Crippen molar-refractivity contribution >= 4 is 18.0 Å². The Labute approximate surface area is 207 Å². The molecule has 2 aromatic carbocycles. The zero-order valence-corrected chi connectivity index (χ0v) is 20.6. The highest BCUT2D eigenvalue weighted by atomic mass is 16.5. The maximum absolute atomic E-state index is 12.7. The summed E-state index contributed by atoms with van der Waals surface area (Å²) < 4.78 is 5.63. The monoisotopic (exact) mass is 480 g/mol. The number of amides is 2. The number of carboxylic acid groups (broad SMARTS) is 1. The molecule has 7 nitrogen and oxygen atoms in total. The lowest BCUT2D eigenvalue weighted by molar-refractivity contribution is -0.137. The van der Waals surface area contributed by atoms with Crippen LogP contribution in [0.15, 0.2) is 48.5 Å². The quantitative estimate of drug-likeness (QED) is 0.364. The third-order valence-electron chi connectivity index (χ3n) is 6.43. The molecule has 188 valence electrons.